The zero-order valence-corrected chi connectivity index (χ0v) is 6.97. The molecule has 0 fully saturated rings. The van der Waals surface area contributed by atoms with Gasteiger partial charge in [0.2, 0.25) is 0 Å². The van der Waals surface area contributed by atoms with Crippen LogP contribution in [-0.2, 0) is 0 Å². The maximum absolute atomic E-state index is 8.34. The van der Waals surface area contributed by atoms with E-state index in [-0.39, 0.29) is 0 Å². The summed E-state index contributed by atoms with van der Waals surface area (Å²) < 4.78 is 5.42. The number of hydrogen-bond acceptors (Lipinski definition) is 3. The zero-order chi connectivity index (χ0) is 9.10. The Balaban J connectivity index is 2.38. The van der Waals surface area contributed by atoms with Crippen molar-refractivity contribution in [2.75, 3.05) is 6.61 Å². The summed E-state index contributed by atoms with van der Waals surface area (Å²) in [6.45, 7) is 0.459. The highest BCUT2D eigenvalue weighted by atomic mass is 16.5. The van der Waals surface area contributed by atoms with Gasteiger partial charge in [-0.2, -0.15) is 0 Å². The van der Waals surface area contributed by atoms with E-state index in [2.05, 4.69) is 5.16 Å². The van der Waals surface area contributed by atoms with Crippen LogP contribution < -0.4 is 4.74 Å². The average Bonchev–Trinajstić information content (AvgIpc) is 2.18. The number of para-hydroxylation sites is 1. The molecule has 1 aliphatic rings. The van der Waals surface area contributed by atoms with Crippen LogP contribution in [0.1, 0.15) is 5.56 Å². The van der Waals surface area contributed by atoms with E-state index in [0.717, 1.165) is 16.9 Å². The highest BCUT2D eigenvalue weighted by molar-refractivity contribution is 5.87. The van der Waals surface area contributed by atoms with Crippen molar-refractivity contribution in [2.45, 2.75) is 0 Å². The van der Waals surface area contributed by atoms with Crippen molar-refractivity contribution in [3.8, 4) is 5.75 Å². The van der Waals surface area contributed by atoms with E-state index in [4.69, 9.17) is 9.94 Å². The van der Waals surface area contributed by atoms with Gasteiger partial charge in [-0.25, -0.2) is 0 Å². The summed E-state index contributed by atoms with van der Waals surface area (Å²) in [6, 6.07) is 7.74. The Morgan fingerprint density at radius 3 is 3.08 bits per heavy atom. The molecule has 66 valence electrons. The van der Waals surface area contributed by atoms with Crippen molar-refractivity contribution in [3.63, 3.8) is 0 Å². The van der Waals surface area contributed by atoms with Gasteiger partial charge in [0.05, 0.1) is 6.21 Å². The van der Waals surface area contributed by atoms with Crippen molar-refractivity contribution >= 4 is 12.3 Å². The molecule has 0 spiro atoms. The van der Waals surface area contributed by atoms with Crippen LogP contribution in [0.4, 0.5) is 0 Å². The van der Waals surface area contributed by atoms with E-state index in [1.165, 1.54) is 6.21 Å². The Hall–Kier alpha value is -1.77. The summed E-state index contributed by atoms with van der Waals surface area (Å²) in [4.78, 5) is 0. The molecule has 0 radical (unpaired) electrons. The maximum atomic E-state index is 8.34. The Morgan fingerprint density at radius 2 is 2.23 bits per heavy atom. The summed E-state index contributed by atoms with van der Waals surface area (Å²) in [5.74, 6) is 0.873. The first-order valence-corrected chi connectivity index (χ1v) is 4.00. The first-order valence-electron chi connectivity index (χ1n) is 4.00. The fraction of sp³-hybridized carbons (Fsp3) is 0.100. The van der Waals surface area contributed by atoms with Crippen LogP contribution in [0.15, 0.2) is 35.0 Å². The Labute approximate surface area is 76.0 Å². The van der Waals surface area contributed by atoms with Gasteiger partial charge in [0, 0.05) is 11.1 Å². The van der Waals surface area contributed by atoms with E-state index in [0.29, 0.717) is 6.61 Å². The van der Waals surface area contributed by atoms with Crippen LogP contribution in [0.3, 0.4) is 0 Å². The van der Waals surface area contributed by atoms with Crippen molar-refractivity contribution in [1.82, 2.24) is 0 Å². The molecule has 1 aromatic rings. The molecule has 1 heterocycles. The van der Waals surface area contributed by atoms with Crippen LogP contribution in [0.25, 0.3) is 6.08 Å². The second kappa shape index (κ2) is 3.31. The largest absolute Gasteiger partial charge is 0.488 e. The molecule has 0 atom stereocenters. The van der Waals surface area contributed by atoms with Crippen molar-refractivity contribution in [3.05, 3.63) is 35.4 Å². The summed E-state index contributed by atoms with van der Waals surface area (Å²) >= 11 is 0. The third kappa shape index (κ3) is 1.54. The zero-order valence-electron chi connectivity index (χ0n) is 6.97. The Morgan fingerprint density at radius 1 is 1.38 bits per heavy atom. The lowest BCUT2D eigenvalue weighted by molar-refractivity contribution is 0.319. The SMILES string of the molecule is O/N=C/C1=Cc2ccccc2OC1. The number of benzene rings is 1. The lowest BCUT2D eigenvalue weighted by Crippen LogP contribution is -2.07. The molecule has 0 aliphatic carbocycles. The summed E-state index contributed by atoms with van der Waals surface area (Å²) in [5, 5.41) is 11.3. The quantitative estimate of drug-likeness (QED) is 0.402. The molecular formula is C10H9NO2. The van der Waals surface area contributed by atoms with Crippen molar-refractivity contribution in [1.29, 1.82) is 0 Å². The van der Waals surface area contributed by atoms with Gasteiger partial charge < -0.3 is 9.94 Å². The van der Waals surface area contributed by atoms with Crippen LogP contribution in [0.2, 0.25) is 0 Å². The summed E-state index contributed by atoms with van der Waals surface area (Å²) in [7, 11) is 0. The predicted molar refractivity (Wildman–Crippen MR) is 50.2 cm³/mol. The lowest BCUT2D eigenvalue weighted by Gasteiger charge is -2.14. The molecule has 0 aromatic heterocycles. The number of hydrogen-bond donors (Lipinski definition) is 1. The molecule has 0 saturated carbocycles. The van der Waals surface area contributed by atoms with E-state index >= 15 is 0 Å². The Bertz CT molecular complexity index is 369. The monoisotopic (exact) mass is 175 g/mol. The second-order valence-electron chi connectivity index (χ2n) is 2.79. The molecule has 0 unspecified atom stereocenters. The third-order valence-corrected chi connectivity index (χ3v) is 1.88. The number of rotatable bonds is 1. The average molecular weight is 175 g/mol. The second-order valence-corrected chi connectivity index (χ2v) is 2.79. The molecular weight excluding hydrogens is 166 g/mol. The first-order chi connectivity index (χ1) is 6.40. The van der Waals surface area contributed by atoms with Gasteiger partial charge in [-0.15, -0.1) is 0 Å². The molecule has 3 heteroatoms. The highest BCUT2D eigenvalue weighted by Crippen LogP contribution is 2.24. The topological polar surface area (TPSA) is 41.8 Å². The van der Waals surface area contributed by atoms with Gasteiger partial charge in [-0.1, -0.05) is 23.4 Å². The molecule has 1 aliphatic heterocycles. The number of fused-ring (bicyclic) bond motifs is 1. The molecule has 0 bridgehead atoms. The summed E-state index contributed by atoms with van der Waals surface area (Å²) in [5.41, 5.74) is 1.88. The first kappa shape index (κ1) is 7.86. The number of ether oxygens (including phenoxy) is 1. The van der Waals surface area contributed by atoms with Gasteiger partial charge in [-0.05, 0) is 12.1 Å². The van der Waals surface area contributed by atoms with Gasteiger partial charge in [0.1, 0.15) is 12.4 Å². The predicted octanol–water partition coefficient (Wildman–Crippen LogP) is 1.92. The fourth-order valence-electron chi connectivity index (χ4n) is 1.28. The lowest BCUT2D eigenvalue weighted by atomic mass is 10.1. The fourth-order valence-corrected chi connectivity index (χ4v) is 1.28. The smallest absolute Gasteiger partial charge is 0.127 e. The molecule has 0 saturated heterocycles. The summed E-state index contributed by atoms with van der Waals surface area (Å²) in [6.07, 6.45) is 3.33. The van der Waals surface area contributed by atoms with Gasteiger partial charge in [0.25, 0.3) is 0 Å². The van der Waals surface area contributed by atoms with Gasteiger partial charge >= 0.3 is 0 Å². The van der Waals surface area contributed by atoms with Gasteiger partial charge in [0.15, 0.2) is 0 Å². The van der Waals surface area contributed by atoms with Gasteiger partial charge in [-0.3, -0.25) is 0 Å². The van der Waals surface area contributed by atoms with E-state index < -0.39 is 0 Å². The van der Waals surface area contributed by atoms with Crippen LogP contribution >= 0.6 is 0 Å². The van der Waals surface area contributed by atoms with Crippen LogP contribution in [-0.4, -0.2) is 18.0 Å². The third-order valence-electron chi connectivity index (χ3n) is 1.88. The highest BCUT2D eigenvalue weighted by Gasteiger charge is 2.08. The number of nitrogens with zero attached hydrogens (tertiary/aromatic N) is 1. The van der Waals surface area contributed by atoms with Crippen LogP contribution in [0, 0.1) is 0 Å². The molecule has 1 N–H and O–H groups in total. The number of oxime groups is 1. The van der Waals surface area contributed by atoms with E-state index in [1.807, 2.05) is 30.3 Å². The Kier molecular flexibility index (Phi) is 2.00. The minimum Gasteiger partial charge on any atom is -0.488 e. The standard InChI is InChI=1S/C10H9NO2/c12-11-6-8-5-9-3-1-2-4-10(9)13-7-8/h1-6,12H,7H2/b11-6+. The maximum Gasteiger partial charge on any atom is 0.127 e. The minimum absolute atomic E-state index is 0.459. The molecule has 0 amide bonds. The normalized spacial score (nSPS) is 14.9. The molecule has 3 nitrogen and oxygen atoms in total. The van der Waals surface area contributed by atoms with E-state index in [1.54, 1.807) is 0 Å². The molecule has 13 heavy (non-hydrogen) atoms. The minimum atomic E-state index is 0.459. The van der Waals surface area contributed by atoms with Crippen molar-refractivity contribution < 1.29 is 9.94 Å². The van der Waals surface area contributed by atoms with Crippen LogP contribution in [0.5, 0.6) is 5.75 Å². The van der Waals surface area contributed by atoms with E-state index in [9.17, 15) is 0 Å². The molecule has 1 aromatic carbocycles. The molecule has 2 rings (SSSR count). The van der Waals surface area contributed by atoms with Crippen molar-refractivity contribution in [2.24, 2.45) is 5.16 Å².